The number of aromatic nitrogens is 1. The van der Waals surface area contributed by atoms with Crippen LogP contribution in [0.4, 0.5) is 0 Å². The van der Waals surface area contributed by atoms with E-state index in [1.807, 2.05) is 28.5 Å². The fourth-order valence-corrected chi connectivity index (χ4v) is 4.90. The van der Waals surface area contributed by atoms with Gasteiger partial charge in [-0.05, 0) is 49.9 Å². The SMILES string of the molecule is CC[C@@H](NC(=O)c1cc(C(=O)N2CCC[C@@H]2C)n2c1COCC2)c1ccc(OC)c(Cl)c1. The summed E-state index contributed by atoms with van der Waals surface area (Å²) >= 11 is 6.29. The van der Waals surface area contributed by atoms with Crippen molar-refractivity contribution in [3.63, 3.8) is 0 Å². The number of carbonyl (C=O) groups excluding carboxylic acids is 2. The summed E-state index contributed by atoms with van der Waals surface area (Å²) in [6.45, 7) is 6.25. The number of fused-ring (bicyclic) bond motifs is 1. The minimum Gasteiger partial charge on any atom is -0.495 e. The smallest absolute Gasteiger partial charge is 0.270 e. The van der Waals surface area contributed by atoms with Gasteiger partial charge in [0.15, 0.2) is 0 Å². The van der Waals surface area contributed by atoms with Gasteiger partial charge in [-0.3, -0.25) is 9.59 Å². The third-order valence-corrected chi connectivity index (χ3v) is 6.77. The van der Waals surface area contributed by atoms with Crippen LogP contribution in [0.2, 0.25) is 5.02 Å². The van der Waals surface area contributed by atoms with E-state index < -0.39 is 0 Å². The Labute approximate surface area is 193 Å². The van der Waals surface area contributed by atoms with Crippen molar-refractivity contribution in [2.45, 2.75) is 58.3 Å². The van der Waals surface area contributed by atoms with Crippen molar-refractivity contribution in [3.8, 4) is 5.75 Å². The Morgan fingerprint density at radius 2 is 2.12 bits per heavy atom. The number of nitrogens with one attached hydrogen (secondary N) is 1. The van der Waals surface area contributed by atoms with Gasteiger partial charge in [-0.2, -0.15) is 0 Å². The van der Waals surface area contributed by atoms with E-state index in [1.54, 1.807) is 19.2 Å². The zero-order valence-corrected chi connectivity index (χ0v) is 19.6. The molecule has 1 fully saturated rings. The molecule has 1 aromatic carbocycles. The molecule has 2 aliphatic heterocycles. The summed E-state index contributed by atoms with van der Waals surface area (Å²) in [6, 6.07) is 7.26. The highest BCUT2D eigenvalue weighted by molar-refractivity contribution is 6.32. The minimum atomic E-state index is -0.219. The molecular weight excluding hydrogens is 430 g/mol. The second-order valence-electron chi connectivity index (χ2n) is 8.41. The molecule has 2 amide bonds. The highest BCUT2D eigenvalue weighted by atomic mass is 35.5. The number of likely N-dealkylation sites (tertiary alicyclic amines) is 1. The first-order valence-corrected chi connectivity index (χ1v) is 11.6. The van der Waals surface area contributed by atoms with E-state index in [0.717, 1.165) is 30.6 Å². The molecule has 0 unspecified atom stereocenters. The number of halogens is 1. The predicted octanol–water partition coefficient (Wildman–Crippen LogP) is 4.19. The van der Waals surface area contributed by atoms with E-state index in [9.17, 15) is 9.59 Å². The van der Waals surface area contributed by atoms with Gasteiger partial charge in [0.1, 0.15) is 11.4 Å². The van der Waals surface area contributed by atoms with Gasteiger partial charge in [-0.25, -0.2) is 0 Å². The molecule has 4 rings (SSSR count). The van der Waals surface area contributed by atoms with Crippen LogP contribution in [0.25, 0.3) is 0 Å². The Balaban J connectivity index is 1.61. The number of hydrogen-bond acceptors (Lipinski definition) is 4. The lowest BCUT2D eigenvalue weighted by atomic mass is 10.0. The summed E-state index contributed by atoms with van der Waals surface area (Å²) in [7, 11) is 1.57. The zero-order valence-electron chi connectivity index (χ0n) is 18.8. The van der Waals surface area contributed by atoms with Gasteiger partial charge in [0.2, 0.25) is 0 Å². The maximum absolute atomic E-state index is 13.3. The molecule has 2 aromatic rings. The quantitative estimate of drug-likeness (QED) is 0.703. The van der Waals surface area contributed by atoms with E-state index in [0.29, 0.717) is 48.2 Å². The lowest BCUT2D eigenvalue weighted by molar-refractivity contribution is 0.0683. The Hall–Kier alpha value is -2.51. The molecule has 0 spiro atoms. The van der Waals surface area contributed by atoms with Gasteiger partial charge in [0.25, 0.3) is 11.8 Å². The van der Waals surface area contributed by atoms with Crippen LogP contribution in [0.5, 0.6) is 5.75 Å². The minimum absolute atomic E-state index is 0.00817. The van der Waals surface area contributed by atoms with Crippen LogP contribution in [0.3, 0.4) is 0 Å². The Kier molecular flexibility index (Phi) is 6.76. The molecule has 0 aliphatic carbocycles. The highest BCUT2D eigenvalue weighted by Crippen LogP contribution is 2.30. The molecular formula is C24H30ClN3O4. The molecule has 2 aliphatic rings. The van der Waals surface area contributed by atoms with Gasteiger partial charge >= 0.3 is 0 Å². The molecule has 0 saturated carbocycles. The molecule has 1 aromatic heterocycles. The molecule has 1 saturated heterocycles. The maximum Gasteiger partial charge on any atom is 0.270 e. The first-order valence-electron chi connectivity index (χ1n) is 11.2. The second kappa shape index (κ2) is 9.55. The number of hydrogen-bond donors (Lipinski definition) is 1. The monoisotopic (exact) mass is 459 g/mol. The van der Waals surface area contributed by atoms with E-state index in [4.69, 9.17) is 21.1 Å². The molecule has 32 heavy (non-hydrogen) atoms. The van der Waals surface area contributed by atoms with Gasteiger partial charge < -0.3 is 24.3 Å². The van der Waals surface area contributed by atoms with Gasteiger partial charge in [-0.1, -0.05) is 24.6 Å². The zero-order chi connectivity index (χ0) is 22.8. The van der Waals surface area contributed by atoms with Crippen LogP contribution >= 0.6 is 11.6 Å². The molecule has 0 radical (unpaired) electrons. The fraction of sp³-hybridized carbons (Fsp3) is 0.500. The van der Waals surface area contributed by atoms with Crippen LogP contribution in [-0.4, -0.2) is 47.6 Å². The molecule has 8 heteroatoms. The Morgan fingerprint density at radius 3 is 2.78 bits per heavy atom. The number of ether oxygens (including phenoxy) is 2. The van der Waals surface area contributed by atoms with Crippen molar-refractivity contribution in [2.75, 3.05) is 20.3 Å². The fourth-order valence-electron chi connectivity index (χ4n) is 4.64. The third-order valence-electron chi connectivity index (χ3n) is 6.48. The first kappa shape index (κ1) is 22.7. The van der Waals surface area contributed by atoms with E-state index >= 15 is 0 Å². The van der Waals surface area contributed by atoms with Crippen LogP contribution in [0, 0.1) is 0 Å². The van der Waals surface area contributed by atoms with Crippen LogP contribution in [-0.2, 0) is 17.9 Å². The van der Waals surface area contributed by atoms with E-state index in [1.165, 1.54) is 0 Å². The van der Waals surface area contributed by atoms with Gasteiger partial charge in [0, 0.05) is 19.1 Å². The van der Waals surface area contributed by atoms with Crippen molar-refractivity contribution in [3.05, 3.63) is 51.8 Å². The average Bonchev–Trinajstić information content (AvgIpc) is 3.40. The molecule has 172 valence electrons. The first-order chi connectivity index (χ1) is 15.4. The standard InChI is InChI=1S/C24H30ClN3O4/c1-4-19(16-7-8-22(31-3)18(25)12-16)26-23(29)17-13-20(28-10-11-32-14-21(17)28)24(30)27-9-5-6-15(27)2/h7-8,12-13,15,19H,4-6,9-11,14H2,1-3H3,(H,26,29)/t15-,19+/m0/s1. The lowest BCUT2D eigenvalue weighted by Crippen LogP contribution is -2.35. The highest BCUT2D eigenvalue weighted by Gasteiger charge is 2.32. The van der Waals surface area contributed by atoms with Crippen LogP contribution in [0.1, 0.15) is 71.3 Å². The summed E-state index contributed by atoms with van der Waals surface area (Å²) in [5, 5.41) is 3.61. The number of nitrogens with zero attached hydrogens (tertiary/aromatic N) is 2. The van der Waals surface area contributed by atoms with Gasteiger partial charge in [-0.15, -0.1) is 0 Å². The van der Waals surface area contributed by atoms with Crippen molar-refractivity contribution in [2.24, 2.45) is 0 Å². The third kappa shape index (κ3) is 4.24. The predicted molar refractivity (Wildman–Crippen MR) is 122 cm³/mol. The second-order valence-corrected chi connectivity index (χ2v) is 8.82. The number of carbonyl (C=O) groups is 2. The largest absolute Gasteiger partial charge is 0.495 e. The number of methoxy groups -OCH3 is 1. The summed E-state index contributed by atoms with van der Waals surface area (Å²) in [4.78, 5) is 28.5. The molecule has 2 atom stereocenters. The van der Waals surface area contributed by atoms with E-state index in [2.05, 4.69) is 12.2 Å². The molecule has 3 heterocycles. The molecule has 7 nitrogen and oxygen atoms in total. The number of amides is 2. The van der Waals surface area contributed by atoms with Crippen LogP contribution < -0.4 is 10.1 Å². The lowest BCUT2D eigenvalue weighted by Gasteiger charge is -2.24. The van der Waals surface area contributed by atoms with Crippen LogP contribution in [0.15, 0.2) is 24.3 Å². The summed E-state index contributed by atoms with van der Waals surface area (Å²) in [5.74, 6) is 0.368. The Bertz CT molecular complexity index is 1020. The Morgan fingerprint density at radius 1 is 1.31 bits per heavy atom. The van der Waals surface area contributed by atoms with Crippen molar-refractivity contribution in [1.29, 1.82) is 0 Å². The molecule has 1 N–H and O–H groups in total. The topological polar surface area (TPSA) is 72.8 Å². The summed E-state index contributed by atoms with van der Waals surface area (Å²) < 4.78 is 12.8. The molecule has 0 bridgehead atoms. The van der Waals surface area contributed by atoms with Gasteiger partial charge in [0.05, 0.1) is 42.6 Å². The number of rotatable bonds is 6. The van der Waals surface area contributed by atoms with Crippen molar-refractivity contribution < 1.29 is 19.1 Å². The maximum atomic E-state index is 13.3. The van der Waals surface area contributed by atoms with Crippen molar-refractivity contribution in [1.82, 2.24) is 14.8 Å². The number of benzene rings is 1. The summed E-state index contributed by atoms with van der Waals surface area (Å²) in [5.41, 5.74) is 2.73. The van der Waals surface area contributed by atoms with Crippen molar-refractivity contribution >= 4 is 23.4 Å². The average molecular weight is 460 g/mol. The normalized spacial score (nSPS) is 18.9. The summed E-state index contributed by atoms with van der Waals surface area (Å²) in [6.07, 6.45) is 2.72. The van der Waals surface area contributed by atoms with E-state index in [-0.39, 0.29) is 23.9 Å².